The molecule has 13 nitrogen and oxygen atoms in total. The van der Waals surface area contributed by atoms with Gasteiger partial charge in [0.05, 0.1) is 11.7 Å². The van der Waals surface area contributed by atoms with E-state index in [-0.39, 0.29) is 30.6 Å². The monoisotopic (exact) mass is 522 g/mol. The largest absolute Gasteiger partial charge is 0.488 e. The highest BCUT2D eigenvalue weighted by Crippen LogP contribution is 2.51. The summed E-state index contributed by atoms with van der Waals surface area (Å²) in [6, 6.07) is 7.06. The van der Waals surface area contributed by atoms with E-state index in [1.54, 1.807) is 19.9 Å². The summed E-state index contributed by atoms with van der Waals surface area (Å²) in [6.07, 6.45) is -7.00. The summed E-state index contributed by atoms with van der Waals surface area (Å²) in [5.74, 6) is -2.76. The van der Waals surface area contributed by atoms with Gasteiger partial charge in [-0.15, -0.1) is 0 Å². The van der Waals surface area contributed by atoms with Crippen molar-refractivity contribution >= 4 is 11.9 Å². The Kier molecular flexibility index (Phi) is 6.79. The van der Waals surface area contributed by atoms with Crippen LogP contribution in [0.3, 0.4) is 0 Å². The highest BCUT2D eigenvalue weighted by molar-refractivity contribution is 5.94. The van der Waals surface area contributed by atoms with Crippen LogP contribution in [0.4, 0.5) is 0 Å². The van der Waals surface area contributed by atoms with Crippen LogP contribution >= 0.6 is 0 Å². The lowest BCUT2D eigenvalue weighted by Crippen LogP contribution is -2.37. The van der Waals surface area contributed by atoms with Crippen LogP contribution in [0, 0.1) is 5.41 Å². The van der Waals surface area contributed by atoms with Gasteiger partial charge in [-0.05, 0) is 56.5 Å². The van der Waals surface area contributed by atoms with Crippen molar-refractivity contribution in [2.24, 2.45) is 5.41 Å². The average molecular weight is 522 g/mol. The van der Waals surface area contributed by atoms with E-state index in [0.717, 1.165) is 6.07 Å². The maximum atomic E-state index is 12.6. The van der Waals surface area contributed by atoms with Gasteiger partial charge in [-0.25, -0.2) is 4.79 Å². The van der Waals surface area contributed by atoms with E-state index in [2.05, 4.69) is 4.74 Å². The molecule has 0 spiro atoms. The number of cyclic esters (lactones) is 1. The molecular weight excluding hydrogens is 496 g/mol. The Morgan fingerprint density at radius 1 is 0.973 bits per heavy atom. The maximum absolute atomic E-state index is 12.6. The number of benzene rings is 2. The fourth-order valence-electron chi connectivity index (χ4n) is 3.79. The van der Waals surface area contributed by atoms with E-state index in [1.807, 2.05) is 0 Å². The van der Waals surface area contributed by atoms with Gasteiger partial charge in [-0.3, -0.25) is 4.79 Å². The van der Waals surface area contributed by atoms with Gasteiger partial charge in [-0.2, -0.15) is 0 Å². The summed E-state index contributed by atoms with van der Waals surface area (Å²) < 4.78 is 25.6. The standard InChI is InChI=1S/C24H26O13/c1-12(2)35-21(26)22(7-8-22)11-34-18-15(13-3-4-16-14(9-13)10-33-20(16)25)5-6-17(36-23(27,28)29)19(18)37-24(30,31)32/h3-6,9,12,27-32H,7-8,10-11H2,1-2H3. The number of carbonyl (C=O) groups is 2. The number of fused-ring (bicyclic) bond motifs is 1. The van der Waals surface area contributed by atoms with Gasteiger partial charge in [0.15, 0.2) is 11.5 Å². The Hall–Kier alpha value is -3.46. The predicted octanol–water partition coefficient (Wildman–Crippen LogP) is 0.0686. The zero-order valence-electron chi connectivity index (χ0n) is 19.8. The molecule has 4 rings (SSSR count). The Labute approximate surface area is 210 Å². The number of rotatable bonds is 10. The molecule has 2 aliphatic rings. The molecular formula is C24H26O13. The number of hydrogen-bond donors (Lipinski definition) is 6. The molecule has 1 heterocycles. The first-order chi connectivity index (χ1) is 17.2. The second kappa shape index (κ2) is 9.45. The molecule has 1 aliphatic heterocycles. The van der Waals surface area contributed by atoms with Gasteiger partial charge in [0.2, 0.25) is 5.75 Å². The minimum Gasteiger partial charge on any atom is -0.488 e. The van der Waals surface area contributed by atoms with Crippen molar-refractivity contribution in [2.75, 3.05) is 6.61 Å². The highest BCUT2D eigenvalue weighted by Gasteiger charge is 2.53. The topological polar surface area (TPSA) is 202 Å². The van der Waals surface area contributed by atoms with E-state index in [4.69, 9.17) is 18.9 Å². The minimum absolute atomic E-state index is 0.0159. The Balaban J connectivity index is 1.80. The number of hydrogen-bond acceptors (Lipinski definition) is 13. The third kappa shape index (κ3) is 6.10. The average Bonchev–Trinajstić information content (AvgIpc) is 3.48. The molecule has 13 heteroatoms. The summed E-state index contributed by atoms with van der Waals surface area (Å²) in [7, 11) is 0. The first kappa shape index (κ1) is 26.6. The van der Waals surface area contributed by atoms with E-state index < -0.39 is 41.2 Å². The summed E-state index contributed by atoms with van der Waals surface area (Å²) in [5.41, 5.74) is 0.511. The molecule has 0 saturated heterocycles. The first-order valence-electron chi connectivity index (χ1n) is 11.2. The lowest BCUT2D eigenvalue weighted by atomic mass is 9.99. The number of aliphatic hydroxyl groups is 6. The number of carbonyl (C=O) groups excluding carboxylic acids is 2. The first-order valence-corrected chi connectivity index (χ1v) is 11.2. The lowest BCUT2D eigenvalue weighted by molar-refractivity contribution is -0.428. The van der Waals surface area contributed by atoms with Crippen molar-refractivity contribution in [2.45, 2.75) is 51.7 Å². The van der Waals surface area contributed by atoms with Gasteiger partial charge in [0, 0.05) is 11.1 Å². The molecule has 0 amide bonds. The molecule has 0 bridgehead atoms. The molecule has 200 valence electrons. The predicted molar refractivity (Wildman–Crippen MR) is 119 cm³/mol. The molecule has 0 unspecified atom stereocenters. The molecule has 6 N–H and O–H groups in total. The van der Waals surface area contributed by atoms with Gasteiger partial charge in [0.25, 0.3) is 0 Å². The SMILES string of the molecule is CC(C)OC(=O)C1(COc2c(-c3ccc4c(c3)COC4=O)ccc(OC(O)(O)O)c2OC(O)(O)O)CC1. The van der Waals surface area contributed by atoms with Crippen LogP contribution < -0.4 is 14.2 Å². The van der Waals surface area contributed by atoms with Crippen molar-refractivity contribution in [1.82, 2.24) is 0 Å². The molecule has 2 aromatic carbocycles. The van der Waals surface area contributed by atoms with Crippen molar-refractivity contribution in [1.29, 1.82) is 0 Å². The zero-order chi connectivity index (χ0) is 27.2. The third-order valence-electron chi connectivity index (χ3n) is 5.68. The van der Waals surface area contributed by atoms with Gasteiger partial charge in [0.1, 0.15) is 18.6 Å². The maximum Gasteiger partial charge on any atom is 0.453 e. The van der Waals surface area contributed by atoms with Crippen molar-refractivity contribution < 1.29 is 63.9 Å². The summed E-state index contributed by atoms with van der Waals surface area (Å²) in [6.45, 7) is 3.13. The smallest absolute Gasteiger partial charge is 0.453 e. The fraction of sp³-hybridized carbons (Fsp3) is 0.417. The second-order valence-electron chi connectivity index (χ2n) is 9.09. The summed E-state index contributed by atoms with van der Waals surface area (Å²) in [5, 5.41) is 56.6. The zero-order valence-corrected chi connectivity index (χ0v) is 19.8. The van der Waals surface area contributed by atoms with Gasteiger partial charge in [-0.1, -0.05) is 6.07 Å². The summed E-state index contributed by atoms with van der Waals surface area (Å²) >= 11 is 0. The Bertz CT molecular complexity index is 1200. The van der Waals surface area contributed by atoms with Crippen molar-refractivity contribution in [3.05, 3.63) is 41.5 Å². The second-order valence-corrected chi connectivity index (χ2v) is 9.09. The van der Waals surface area contributed by atoms with Crippen molar-refractivity contribution in [3.63, 3.8) is 0 Å². The van der Waals surface area contributed by atoms with E-state index in [0.29, 0.717) is 29.5 Å². The van der Waals surface area contributed by atoms with Crippen LogP contribution in [0.15, 0.2) is 30.3 Å². The van der Waals surface area contributed by atoms with E-state index in [9.17, 15) is 40.2 Å². The molecule has 1 fully saturated rings. The quantitative estimate of drug-likeness (QED) is 0.181. The van der Waals surface area contributed by atoms with Crippen molar-refractivity contribution in [3.8, 4) is 28.4 Å². The molecule has 0 atom stereocenters. The lowest BCUT2D eigenvalue weighted by Gasteiger charge is -2.25. The van der Waals surface area contributed by atoms with Crippen LogP contribution in [0.2, 0.25) is 0 Å². The van der Waals surface area contributed by atoms with Crippen LogP contribution in [0.1, 0.15) is 42.6 Å². The van der Waals surface area contributed by atoms with Crippen LogP contribution in [0.5, 0.6) is 17.2 Å². The highest BCUT2D eigenvalue weighted by atomic mass is 16.9. The summed E-state index contributed by atoms with van der Waals surface area (Å²) in [4.78, 5) is 24.5. The fourth-order valence-corrected chi connectivity index (χ4v) is 3.79. The normalized spacial score (nSPS) is 16.2. The minimum atomic E-state index is -3.79. The number of esters is 2. The molecule has 1 aliphatic carbocycles. The third-order valence-corrected chi connectivity index (χ3v) is 5.68. The Morgan fingerprint density at radius 2 is 1.62 bits per heavy atom. The molecule has 37 heavy (non-hydrogen) atoms. The van der Waals surface area contributed by atoms with Gasteiger partial charge >= 0.3 is 24.3 Å². The van der Waals surface area contributed by atoms with E-state index >= 15 is 0 Å². The molecule has 2 aromatic rings. The Morgan fingerprint density at radius 3 is 2.22 bits per heavy atom. The van der Waals surface area contributed by atoms with E-state index in [1.165, 1.54) is 18.2 Å². The van der Waals surface area contributed by atoms with Crippen LogP contribution in [-0.2, 0) is 20.9 Å². The molecule has 0 aromatic heterocycles. The molecule has 0 radical (unpaired) electrons. The number of ether oxygens (including phenoxy) is 5. The van der Waals surface area contributed by atoms with Gasteiger partial charge < -0.3 is 54.3 Å². The van der Waals surface area contributed by atoms with Crippen LogP contribution in [-0.4, -0.2) is 67.6 Å². The van der Waals surface area contributed by atoms with Crippen LogP contribution in [0.25, 0.3) is 11.1 Å². The molecule has 1 saturated carbocycles.